The van der Waals surface area contributed by atoms with Gasteiger partial charge in [-0.15, -0.1) is 11.8 Å². The van der Waals surface area contributed by atoms with Crippen LogP contribution in [0.1, 0.15) is 169 Å². The van der Waals surface area contributed by atoms with E-state index >= 15 is 28.8 Å². The van der Waals surface area contributed by atoms with E-state index in [0.717, 1.165) is 16.7 Å². The Morgan fingerprint density at radius 3 is 1.42 bits per heavy atom. The number of carbonyl (C=O) groups excluding carboxylic acids is 11. The van der Waals surface area contributed by atoms with Crippen molar-refractivity contribution in [2.45, 2.75) is 241 Å². The molecule has 11 amide bonds. The van der Waals surface area contributed by atoms with Crippen molar-refractivity contribution in [3.8, 4) is 0 Å². The van der Waals surface area contributed by atoms with E-state index in [9.17, 15) is 29.1 Å². The summed E-state index contributed by atoms with van der Waals surface area (Å²) in [6, 6.07) is -12.5. The fraction of sp³-hybridized carbons (Fsp3) is 0.809. The van der Waals surface area contributed by atoms with E-state index in [4.69, 9.17) is 0 Å². The fourth-order valence-electron chi connectivity index (χ4n) is 11.5. The minimum absolute atomic E-state index is 0.0738. The SMILES string of the molecule is C/C=C/C[C@@H](C)[C@@H](O)[C@H]1C(=O)N[C@H](CCC)C(=O)N(C)[C@H](SCCN(C)C)C(=O)N(C)[C@@H](CC(C)C)C(=O)N[C@H](C(C)C)C(=O)N(C)[C@H](CCC(C)C)C(=O)N[C@H](C)C(=O)N[C@@H](C)C(=O)N(C)[C@@H](CC(C)C)C(=O)N(C)[C@H](CC(C)C)C(=O)N(C)[C@H](C(C)C)C(=O)N1C. The molecule has 0 spiro atoms. The molecular weight excluding hydrogens is 1210 g/mol. The van der Waals surface area contributed by atoms with Gasteiger partial charge in [-0.25, -0.2) is 0 Å². The number of hydrogen-bond donors (Lipinski definition) is 5. The lowest BCUT2D eigenvalue weighted by Crippen LogP contribution is -2.64. The predicted octanol–water partition coefficient (Wildman–Crippen LogP) is 4.67. The first-order valence-corrected chi connectivity index (χ1v) is 34.7. The lowest BCUT2D eigenvalue weighted by molar-refractivity contribution is -0.157. The standard InChI is InChI=1S/C68H124N12O12S/c1-27-29-31-45(15)56(81)55-60(85)71-48(30-28-2)62(87)80(26)68(93-35-34-73(18)19)67(92)75(21)50(36-40(5)6)59(84)72-53(43(11)12)65(90)74(20)49(33-32-39(3)4)58(83)69-46(16)57(82)70-47(17)61(86)76(22)51(37-41(7)8)63(88)77(23)52(38-42(9)10)64(89)78(24)54(44(13)14)66(91)79(55)25/h27,29,39-56,68,81H,28,30-38H2,1-26H3,(H,69,83)(H,70,82)(H,71,85)(H,72,84)/b29-27+/t45-,46-,47+,48-,49-,50+,51+,52-,53-,54-,55+,56-,68-/m1/s1. The Morgan fingerprint density at radius 2 is 0.946 bits per heavy atom. The molecule has 1 saturated heterocycles. The van der Waals surface area contributed by atoms with Crippen molar-refractivity contribution < 1.29 is 57.8 Å². The van der Waals surface area contributed by atoms with Gasteiger partial charge in [0.1, 0.15) is 60.4 Å². The summed E-state index contributed by atoms with van der Waals surface area (Å²) in [7, 11) is 13.8. The maximum absolute atomic E-state index is 15.4. The van der Waals surface area contributed by atoms with Crippen LogP contribution < -0.4 is 21.3 Å². The Hall–Kier alpha value is -5.82. The number of amides is 11. The van der Waals surface area contributed by atoms with E-state index in [1.54, 1.807) is 40.7 Å². The van der Waals surface area contributed by atoms with Crippen LogP contribution in [0.2, 0.25) is 0 Å². The van der Waals surface area contributed by atoms with Gasteiger partial charge in [0.2, 0.25) is 59.1 Å². The molecule has 5 N–H and O–H groups in total. The van der Waals surface area contributed by atoms with Crippen LogP contribution in [0.5, 0.6) is 0 Å². The summed E-state index contributed by atoms with van der Waals surface area (Å²) in [5.41, 5.74) is 0. The van der Waals surface area contributed by atoms with E-state index < -0.39 is 155 Å². The van der Waals surface area contributed by atoms with Crippen molar-refractivity contribution in [1.29, 1.82) is 0 Å². The van der Waals surface area contributed by atoms with E-state index in [1.807, 2.05) is 94.3 Å². The first-order chi connectivity index (χ1) is 43.0. The third-order valence-corrected chi connectivity index (χ3v) is 18.8. The first-order valence-electron chi connectivity index (χ1n) is 33.7. The van der Waals surface area contributed by atoms with Gasteiger partial charge in [-0.05, 0) is 121 Å². The summed E-state index contributed by atoms with van der Waals surface area (Å²) >= 11 is 1.16. The van der Waals surface area contributed by atoms with Gasteiger partial charge in [0, 0.05) is 61.6 Å². The average molecular weight is 1330 g/mol. The molecule has 1 rings (SSSR count). The first kappa shape index (κ1) is 85.2. The van der Waals surface area contributed by atoms with Crippen LogP contribution in [-0.4, -0.2) is 257 Å². The zero-order valence-corrected chi connectivity index (χ0v) is 62.4. The summed E-state index contributed by atoms with van der Waals surface area (Å²) in [4.78, 5) is 175. The molecule has 93 heavy (non-hydrogen) atoms. The molecule has 13 atom stereocenters. The number of likely N-dealkylation sites (N-methyl/N-ethyl adjacent to an activating group) is 7. The van der Waals surface area contributed by atoms with Gasteiger partial charge in [0.15, 0.2) is 5.37 Å². The lowest BCUT2D eigenvalue weighted by atomic mass is 9.91. The molecule has 0 radical (unpaired) electrons. The van der Waals surface area contributed by atoms with Gasteiger partial charge < -0.3 is 65.6 Å². The number of aliphatic hydroxyl groups is 1. The van der Waals surface area contributed by atoms with E-state index in [0.29, 0.717) is 31.6 Å². The van der Waals surface area contributed by atoms with Crippen LogP contribution in [0.4, 0.5) is 0 Å². The Labute approximate surface area is 562 Å². The minimum atomic E-state index is -1.63. The van der Waals surface area contributed by atoms with Gasteiger partial charge in [0.05, 0.1) is 6.10 Å². The predicted molar refractivity (Wildman–Crippen MR) is 368 cm³/mol. The van der Waals surface area contributed by atoms with Crippen LogP contribution in [0.15, 0.2) is 12.2 Å². The van der Waals surface area contributed by atoms with Gasteiger partial charge in [-0.1, -0.05) is 116 Å². The number of thioether (sulfide) groups is 1. The molecule has 0 bridgehead atoms. The third-order valence-electron chi connectivity index (χ3n) is 17.5. The molecular formula is C68H124N12O12S. The second-order valence-corrected chi connectivity index (χ2v) is 29.7. The zero-order valence-electron chi connectivity index (χ0n) is 61.6. The molecule has 0 aliphatic carbocycles. The number of aliphatic hydroxyl groups excluding tert-OH is 1. The average Bonchev–Trinajstić information content (AvgIpc) is 0.954. The second kappa shape index (κ2) is 39.9. The van der Waals surface area contributed by atoms with E-state index in [1.165, 1.54) is 92.6 Å². The number of nitrogens with zero attached hydrogens (tertiary/aromatic N) is 8. The van der Waals surface area contributed by atoms with E-state index in [-0.39, 0.29) is 55.8 Å². The molecule has 25 heteroatoms. The summed E-state index contributed by atoms with van der Waals surface area (Å²) in [5.74, 6) is -9.14. The lowest BCUT2D eigenvalue weighted by Gasteiger charge is -2.41. The van der Waals surface area contributed by atoms with Crippen LogP contribution in [0, 0.1) is 41.4 Å². The Bertz CT molecular complexity index is 2510. The van der Waals surface area contributed by atoms with Crippen LogP contribution >= 0.6 is 11.8 Å². The quantitative estimate of drug-likeness (QED) is 0.0978. The summed E-state index contributed by atoms with van der Waals surface area (Å²) in [6.45, 7) is 30.9. The van der Waals surface area contributed by atoms with E-state index in [2.05, 4.69) is 21.3 Å². The normalized spacial score (nSPS) is 26.5. The number of carbonyl (C=O) groups is 11. The molecule has 534 valence electrons. The summed E-state index contributed by atoms with van der Waals surface area (Å²) < 4.78 is 0. The van der Waals surface area contributed by atoms with Crippen molar-refractivity contribution in [3.63, 3.8) is 0 Å². The topological polar surface area (TPSA) is 282 Å². The van der Waals surface area contributed by atoms with Crippen LogP contribution in [-0.2, 0) is 52.7 Å². The van der Waals surface area contributed by atoms with Crippen LogP contribution in [0.25, 0.3) is 0 Å². The van der Waals surface area contributed by atoms with Crippen molar-refractivity contribution >= 4 is 76.7 Å². The number of hydrogen-bond acceptors (Lipinski definition) is 14. The Morgan fingerprint density at radius 1 is 0.484 bits per heavy atom. The maximum atomic E-state index is 15.4. The molecule has 0 aromatic heterocycles. The monoisotopic (exact) mass is 1330 g/mol. The molecule has 1 aliphatic heterocycles. The number of nitrogens with one attached hydrogen (secondary N) is 4. The van der Waals surface area contributed by atoms with Gasteiger partial charge in [-0.3, -0.25) is 52.7 Å². The van der Waals surface area contributed by atoms with Crippen molar-refractivity contribution in [1.82, 2.24) is 60.5 Å². The highest BCUT2D eigenvalue weighted by atomic mass is 32.2. The molecule has 1 fully saturated rings. The Kier molecular flexibility index (Phi) is 36.6. The van der Waals surface area contributed by atoms with Gasteiger partial charge >= 0.3 is 0 Å². The fourth-order valence-corrected chi connectivity index (χ4v) is 12.9. The third kappa shape index (κ3) is 25.0. The van der Waals surface area contributed by atoms with Crippen molar-refractivity contribution in [2.75, 3.05) is 75.7 Å². The highest BCUT2D eigenvalue weighted by Gasteiger charge is 2.46. The number of rotatable bonds is 21. The smallest absolute Gasteiger partial charge is 0.256 e. The number of allylic oxidation sites excluding steroid dienone is 2. The molecule has 1 heterocycles. The molecule has 1 aliphatic rings. The summed E-state index contributed by atoms with van der Waals surface area (Å²) in [5, 5.41) is 22.3. The maximum Gasteiger partial charge on any atom is 0.256 e. The molecule has 0 aromatic carbocycles. The van der Waals surface area contributed by atoms with Crippen LogP contribution in [0.3, 0.4) is 0 Å². The zero-order chi connectivity index (χ0) is 72.0. The molecule has 0 unspecified atom stereocenters. The van der Waals surface area contributed by atoms with Gasteiger partial charge in [0.25, 0.3) is 5.91 Å². The second-order valence-electron chi connectivity index (χ2n) is 28.5. The highest BCUT2D eigenvalue weighted by molar-refractivity contribution is 8.00. The minimum Gasteiger partial charge on any atom is -0.390 e. The van der Waals surface area contributed by atoms with Crippen molar-refractivity contribution in [2.24, 2.45) is 41.4 Å². The largest absolute Gasteiger partial charge is 0.390 e. The molecule has 0 saturated carbocycles. The summed E-state index contributed by atoms with van der Waals surface area (Å²) in [6.07, 6.45) is 3.96. The van der Waals surface area contributed by atoms with Gasteiger partial charge in [-0.2, -0.15) is 0 Å². The van der Waals surface area contributed by atoms with Crippen molar-refractivity contribution in [3.05, 3.63) is 12.2 Å². The molecule has 0 aromatic rings. The molecule has 24 nitrogen and oxygen atoms in total. The highest BCUT2D eigenvalue weighted by Crippen LogP contribution is 2.27. The Balaban J connectivity index is 4.57.